The van der Waals surface area contributed by atoms with Crippen molar-refractivity contribution >= 4 is 11.7 Å². The third-order valence-electron chi connectivity index (χ3n) is 4.96. The van der Waals surface area contributed by atoms with Crippen molar-refractivity contribution in [1.29, 1.82) is 0 Å². The average molecular weight is 389 g/mol. The largest absolute Gasteiger partial charge is 0.481 e. The highest BCUT2D eigenvalue weighted by molar-refractivity contribution is 5.75. The van der Waals surface area contributed by atoms with Gasteiger partial charge >= 0.3 is 5.97 Å². The lowest BCUT2D eigenvalue weighted by Crippen LogP contribution is -2.04. The number of carboxylic acids is 1. The molecule has 0 atom stereocenters. The van der Waals surface area contributed by atoms with Crippen molar-refractivity contribution in [3.8, 4) is 22.5 Å². The minimum atomic E-state index is -0.832. The van der Waals surface area contributed by atoms with E-state index in [1.807, 2.05) is 43.3 Å². The molecule has 0 aliphatic carbocycles. The first-order chi connectivity index (χ1) is 13.9. The molecular weight excluding hydrogens is 362 g/mol. The Morgan fingerprint density at radius 3 is 2.38 bits per heavy atom. The highest BCUT2D eigenvalue weighted by Crippen LogP contribution is 2.28. The Morgan fingerprint density at radius 2 is 1.79 bits per heavy atom. The van der Waals surface area contributed by atoms with Crippen LogP contribution in [0.25, 0.3) is 22.5 Å². The second-order valence-electron chi connectivity index (χ2n) is 7.67. The highest BCUT2D eigenvalue weighted by Gasteiger charge is 2.13. The van der Waals surface area contributed by atoms with Crippen LogP contribution in [0.3, 0.4) is 0 Å². The van der Waals surface area contributed by atoms with Gasteiger partial charge in [-0.05, 0) is 47.1 Å². The van der Waals surface area contributed by atoms with Crippen LogP contribution in [0.4, 0.5) is 5.69 Å². The fourth-order valence-electron chi connectivity index (χ4n) is 3.63. The lowest BCUT2D eigenvalue weighted by Gasteiger charge is -2.13. The van der Waals surface area contributed by atoms with Gasteiger partial charge < -0.3 is 10.8 Å². The zero-order valence-corrected chi connectivity index (χ0v) is 17.1. The third kappa shape index (κ3) is 4.80. The third-order valence-corrected chi connectivity index (χ3v) is 4.96. The second kappa shape index (κ2) is 8.86. The fourth-order valence-corrected chi connectivity index (χ4v) is 3.63. The standard InChI is InChI=1S/C24H27N3O2/c1-4-20-16(12-23(28)29)6-5-7-21(20)19-13-26-24(27-14-19)18-9-8-17(10-15(2)3)22(25)11-18/h5-9,11,13-15H,4,10,12,25H2,1-3H3,(H,28,29). The van der Waals surface area contributed by atoms with Crippen molar-refractivity contribution in [2.45, 2.75) is 40.0 Å². The number of nitrogen functional groups attached to an aromatic ring is 1. The zero-order valence-electron chi connectivity index (χ0n) is 17.1. The molecule has 1 heterocycles. The molecule has 0 bridgehead atoms. The van der Waals surface area contributed by atoms with Crippen molar-refractivity contribution < 1.29 is 9.90 Å². The molecule has 0 spiro atoms. The predicted octanol–water partition coefficient (Wildman–Crippen LogP) is 4.78. The van der Waals surface area contributed by atoms with Crippen LogP contribution in [0, 0.1) is 5.92 Å². The van der Waals surface area contributed by atoms with E-state index in [1.54, 1.807) is 12.4 Å². The van der Waals surface area contributed by atoms with Gasteiger partial charge in [-0.2, -0.15) is 0 Å². The summed E-state index contributed by atoms with van der Waals surface area (Å²) in [6.45, 7) is 6.37. The fraction of sp³-hybridized carbons (Fsp3) is 0.292. The number of carbonyl (C=O) groups is 1. The molecule has 0 unspecified atom stereocenters. The van der Waals surface area contributed by atoms with E-state index in [9.17, 15) is 4.79 Å². The molecule has 0 saturated carbocycles. The molecule has 1 aromatic heterocycles. The van der Waals surface area contributed by atoms with Gasteiger partial charge in [0.25, 0.3) is 0 Å². The van der Waals surface area contributed by atoms with Crippen LogP contribution in [-0.2, 0) is 24.1 Å². The molecule has 150 valence electrons. The molecule has 3 rings (SSSR count). The molecular formula is C24H27N3O2. The Kier molecular flexibility index (Phi) is 6.27. The first kappa shape index (κ1) is 20.5. The van der Waals surface area contributed by atoms with E-state index in [0.717, 1.165) is 51.9 Å². The van der Waals surface area contributed by atoms with Gasteiger partial charge in [-0.1, -0.05) is 51.1 Å². The number of benzene rings is 2. The van der Waals surface area contributed by atoms with Crippen molar-refractivity contribution in [2.75, 3.05) is 5.73 Å². The van der Waals surface area contributed by atoms with E-state index in [4.69, 9.17) is 10.8 Å². The maximum atomic E-state index is 11.2. The minimum Gasteiger partial charge on any atom is -0.481 e. The molecule has 0 aliphatic rings. The van der Waals surface area contributed by atoms with E-state index in [-0.39, 0.29) is 6.42 Å². The van der Waals surface area contributed by atoms with E-state index in [0.29, 0.717) is 11.7 Å². The van der Waals surface area contributed by atoms with Gasteiger partial charge in [0.15, 0.2) is 5.82 Å². The lowest BCUT2D eigenvalue weighted by molar-refractivity contribution is -0.136. The number of rotatable bonds is 7. The molecule has 0 saturated heterocycles. The van der Waals surface area contributed by atoms with Crippen molar-refractivity contribution in [3.05, 3.63) is 65.5 Å². The molecule has 2 aromatic carbocycles. The molecule has 3 N–H and O–H groups in total. The number of hydrogen-bond acceptors (Lipinski definition) is 4. The molecule has 29 heavy (non-hydrogen) atoms. The molecule has 3 aromatic rings. The molecule has 0 amide bonds. The van der Waals surface area contributed by atoms with Gasteiger partial charge in [0.1, 0.15) is 0 Å². The molecule has 5 heteroatoms. The maximum Gasteiger partial charge on any atom is 0.307 e. The summed E-state index contributed by atoms with van der Waals surface area (Å²) >= 11 is 0. The number of carboxylic acid groups (broad SMARTS) is 1. The Bertz CT molecular complexity index is 1010. The number of nitrogens with two attached hydrogens (primary N) is 1. The molecule has 0 aliphatic heterocycles. The zero-order chi connectivity index (χ0) is 21.0. The quantitative estimate of drug-likeness (QED) is 0.568. The first-order valence-electron chi connectivity index (χ1n) is 9.92. The maximum absolute atomic E-state index is 11.2. The summed E-state index contributed by atoms with van der Waals surface area (Å²) in [5.74, 6) is 0.335. The number of nitrogens with zero attached hydrogens (tertiary/aromatic N) is 2. The van der Waals surface area contributed by atoms with Gasteiger partial charge in [0.05, 0.1) is 6.42 Å². The van der Waals surface area contributed by atoms with Crippen LogP contribution >= 0.6 is 0 Å². The van der Waals surface area contributed by atoms with Crippen LogP contribution < -0.4 is 5.73 Å². The van der Waals surface area contributed by atoms with E-state index in [2.05, 4.69) is 23.8 Å². The van der Waals surface area contributed by atoms with Crippen molar-refractivity contribution in [2.24, 2.45) is 5.92 Å². The molecule has 0 radical (unpaired) electrons. The topological polar surface area (TPSA) is 89.1 Å². The van der Waals surface area contributed by atoms with Crippen LogP contribution in [0.15, 0.2) is 48.8 Å². The number of anilines is 1. The smallest absolute Gasteiger partial charge is 0.307 e. The van der Waals surface area contributed by atoms with Gasteiger partial charge in [0.2, 0.25) is 0 Å². The van der Waals surface area contributed by atoms with Crippen LogP contribution in [-0.4, -0.2) is 21.0 Å². The molecule has 5 nitrogen and oxygen atoms in total. The number of aromatic nitrogens is 2. The summed E-state index contributed by atoms with van der Waals surface area (Å²) in [4.78, 5) is 20.2. The van der Waals surface area contributed by atoms with Gasteiger partial charge in [-0.15, -0.1) is 0 Å². The van der Waals surface area contributed by atoms with Crippen molar-refractivity contribution in [3.63, 3.8) is 0 Å². The van der Waals surface area contributed by atoms with Crippen LogP contribution in [0.5, 0.6) is 0 Å². The summed E-state index contributed by atoms with van der Waals surface area (Å²) in [6, 6.07) is 11.7. The highest BCUT2D eigenvalue weighted by atomic mass is 16.4. The number of aliphatic carboxylic acids is 1. The van der Waals surface area contributed by atoms with E-state index < -0.39 is 5.97 Å². The Morgan fingerprint density at radius 1 is 1.07 bits per heavy atom. The second-order valence-corrected chi connectivity index (χ2v) is 7.67. The predicted molar refractivity (Wildman–Crippen MR) is 117 cm³/mol. The van der Waals surface area contributed by atoms with Crippen molar-refractivity contribution in [1.82, 2.24) is 9.97 Å². The first-order valence-corrected chi connectivity index (χ1v) is 9.92. The normalized spacial score (nSPS) is 11.0. The summed E-state index contributed by atoms with van der Waals surface area (Å²) in [6.07, 6.45) is 5.28. The summed E-state index contributed by atoms with van der Waals surface area (Å²) < 4.78 is 0. The van der Waals surface area contributed by atoms with Gasteiger partial charge in [-0.25, -0.2) is 9.97 Å². The van der Waals surface area contributed by atoms with E-state index in [1.165, 1.54) is 0 Å². The van der Waals surface area contributed by atoms with Crippen LogP contribution in [0.1, 0.15) is 37.5 Å². The monoisotopic (exact) mass is 389 g/mol. The Labute approximate surface area is 171 Å². The van der Waals surface area contributed by atoms with Crippen LogP contribution in [0.2, 0.25) is 0 Å². The Hall–Kier alpha value is -3.21. The summed E-state index contributed by atoms with van der Waals surface area (Å²) in [5.41, 5.74) is 12.7. The SMILES string of the molecule is CCc1c(CC(=O)O)cccc1-c1cnc(-c2ccc(CC(C)C)c(N)c2)nc1. The number of hydrogen-bond donors (Lipinski definition) is 2. The summed E-state index contributed by atoms with van der Waals surface area (Å²) in [7, 11) is 0. The average Bonchev–Trinajstić information content (AvgIpc) is 2.69. The molecule has 0 fully saturated rings. The van der Waals surface area contributed by atoms with Gasteiger partial charge in [0, 0.05) is 29.2 Å². The lowest BCUT2D eigenvalue weighted by atomic mass is 9.93. The Balaban J connectivity index is 1.91. The minimum absolute atomic E-state index is 0.0119. The van der Waals surface area contributed by atoms with Gasteiger partial charge in [-0.3, -0.25) is 4.79 Å². The van der Waals surface area contributed by atoms with E-state index >= 15 is 0 Å². The summed E-state index contributed by atoms with van der Waals surface area (Å²) in [5, 5.41) is 9.17.